The standard InChI is InChI=1S/C17H15BrClF3N4O4/c18-8-5-9(17(20,21)22)14-23-12(13(19)26(14)6-8)15(28)24-2-1-10(11(27)7-24)25-3-4-30-16(25)29/h5-6,10-11,27H,1-4,7H2/t10?,11-/m1/s1. The fraction of sp³-hybridized carbons (Fsp3) is 0.471. The van der Waals surface area contributed by atoms with Crippen molar-refractivity contribution >= 4 is 45.2 Å². The molecule has 2 aromatic rings. The lowest BCUT2D eigenvalue weighted by Crippen LogP contribution is -2.55. The number of carbonyl (C=O) groups is 2. The van der Waals surface area contributed by atoms with Crippen LogP contribution in [0.4, 0.5) is 18.0 Å². The van der Waals surface area contributed by atoms with Crippen LogP contribution in [0.1, 0.15) is 22.5 Å². The smallest absolute Gasteiger partial charge is 0.420 e. The highest BCUT2D eigenvalue weighted by Gasteiger charge is 2.40. The summed E-state index contributed by atoms with van der Waals surface area (Å²) in [5.41, 5.74) is -1.87. The van der Waals surface area contributed by atoms with Crippen molar-refractivity contribution in [1.82, 2.24) is 19.2 Å². The summed E-state index contributed by atoms with van der Waals surface area (Å²) in [7, 11) is 0. The van der Waals surface area contributed by atoms with Gasteiger partial charge in [0, 0.05) is 23.8 Å². The van der Waals surface area contributed by atoms with Crippen LogP contribution < -0.4 is 0 Å². The maximum Gasteiger partial charge on any atom is 0.420 e. The van der Waals surface area contributed by atoms with Gasteiger partial charge in [-0.3, -0.25) is 14.1 Å². The maximum atomic E-state index is 13.4. The van der Waals surface area contributed by atoms with E-state index in [-0.39, 0.29) is 41.4 Å². The molecule has 30 heavy (non-hydrogen) atoms. The third-order valence-corrected chi connectivity index (χ3v) is 5.96. The number of carbonyl (C=O) groups excluding carboxylic acids is 2. The molecular weight excluding hydrogens is 497 g/mol. The van der Waals surface area contributed by atoms with Gasteiger partial charge in [-0.2, -0.15) is 13.2 Å². The second-order valence-electron chi connectivity index (χ2n) is 7.00. The van der Waals surface area contributed by atoms with Gasteiger partial charge >= 0.3 is 12.3 Å². The highest BCUT2D eigenvalue weighted by Crippen LogP contribution is 2.36. The quantitative estimate of drug-likeness (QED) is 0.670. The number of fused-ring (bicyclic) bond motifs is 1. The number of ether oxygens (including phenoxy) is 1. The van der Waals surface area contributed by atoms with E-state index in [2.05, 4.69) is 20.9 Å². The number of aliphatic hydroxyl groups excluding tert-OH is 1. The number of likely N-dealkylation sites (tertiary alicyclic amines) is 1. The van der Waals surface area contributed by atoms with Gasteiger partial charge in [-0.05, 0) is 28.4 Å². The molecule has 2 amide bonds. The van der Waals surface area contributed by atoms with Gasteiger partial charge in [-0.15, -0.1) is 0 Å². The van der Waals surface area contributed by atoms with Gasteiger partial charge in [0.05, 0.1) is 24.3 Å². The Balaban J connectivity index is 1.61. The van der Waals surface area contributed by atoms with Crippen LogP contribution in [-0.2, 0) is 10.9 Å². The van der Waals surface area contributed by atoms with Crippen LogP contribution in [0.15, 0.2) is 16.7 Å². The zero-order valence-electron chi connectivity index (χ0n) is 15.2. The molecule has 4 rings (SSSR count). The molecule has 2 aliphatic rings. The van der Waals surface area contributed by atoms with E-state index < -0.39 is 41.5 Å². The number of hydrogen-bond acceptors (Lipinski definition) is 5. The number of hydrogen-bond donors (Lipinski definition) is 1. The summed E-state index contributed by atoms with van der Waals surface area (Å²) in [5.74, 6) is -0.700. The van der Waals surface area contributed by atoms with E-state index in [1.54, 1.807) is 0 Å². The van der Waals surface area contributed by atoms with Crippen LogP contribution in [0.25, 0.3) is 5.65 Å². The molecule has 0 bridgehead atoms. The number of rotatable bonds is 2. The molecule has 2 fully saturated rings. The summed E-state index contributed by atoms with van der Waals surface area (Å²) in [4.78, 5) is 31.2. The molecule has 162 valence electrons. The normalized spacial score (nSPS) is 22.7. The Bertz CT molecular complexity index is 1030. The van der Waals surface area contributed by atoms with E-state index >= 15 is 0 Å². The highest BCUT2D eigenvalue weighted by molar-refractivity contribution is 9.10. The Hall–Kier alpha value is -2.05. The number of imidazole rings is 1. The van der Waals surface area contributed by atoms with Crippen LogP contribution in [0.3, 0.4) is 0 Å². The Morgan fingerprint density at radius 3 is 2.70 bits per heavy atom. The first kappa shape index (κ1) is 21.2. The van der Waals surface area contributed by atoms with Crippen LogP contribution in [0, 0.1) is 0 Å². The SMILES string of the molecule is O=C(c1nc2c(C(F)(F)F)cc(Br)cn2c1Cl)N1CCC(N2CCOC2=O)[C@H](O)C1. The number of aromatic nitrogens is 2. The molecule has 0 radical (unpaired) electrons. The summed E-state index contributed by atoms with van der Waals surface area (Å²) >= 11 is 9.19. The van der Waals surface area contributed by atoms with Gasteiger partial charge in [0.25, 0.3) is 5.91 Å². The summed E-state index contributed by atoms with van der Waals surface area (Å²) in [5, 5.41) is 10.2. The van der Waals surface area contributed by atoms with E-state index in [0.717, 1.165) is 10.5 Å². The Morgan fingerprint density at radius 1 is 1.37 bits per heavy atom. The minimum Gasteiger partial charge on any atom is -0.448 e. The summed E-state index contributed by atoms with van der Waals surface area (Å²) in [6.45, 7) is 0.637. The summed E-state index contributed by atoms with van der Waals surface area (Å²) < 4.78 is 46.1. The number of pyridine rings is 1. The van der Waals surface area contributed by atoms with Crippen LogP contribution in [-0.4, -0.2) is 74.7 Å². The molecule has 2 atom stereocenters. The third-order valence-electron chi connectivity index (χ3n) is 5.16. The molecule has 0 saturated carbocycles. The fourth-order valence-electron chi connectivity index (χ4n) is 3.75. The van der Waals surface area contributed by atoms with Gasteiger partial charge in [0.2, 0.25) is 0 Å². The van der Waals surface area contributed by atoms with E-state index in [4.69, 9.17) is 16.3 Å². The van der Waals surface area contributed by atoms with E-state index in [0.29, 0.717) is 6.54 Å². The van der Waals surface area contributed by atoms with Crippen molar-refractivity contribution in [1.29, 1.82) is 0 Å². The number of amides is 2. The average molecular weight is 512 g/mol. The third kappa shape index (κ3) is 3.60. The van der Waals surface area contributed by atoms with Gasteiger partial charge in [-0.25, -0.2) is 9.78 Å². The number of cyclic esters (lactones) is 1. The number of piperidine rings is 1. The molecule has 0 aromatic carbocycles. The molecule has 1 N–H and O–H groups in total. The lowest BCUT2D eigenvalue weighted by molar-refractivity contribution is -0.136. The molecule has 0 aliphatic carbocycles. The highest BCUT2D eigenvalue weighted by atomic mass is 79.9. The first-order valence-corrected chi connectivity index (χ1v) is 10.1. The Kier molecular flexibility index (Phi) is 5.35. The van der Waals surface area contributed by atoms with E-state index in [1.165, 1.54) is 16.0 Å². The Morgan fingerprint density at radius 2 is 2.10 bits per heavy atom. The first-order valence-electron chi connectivity index (χ1n) is 8.93. The molecule has 2 aliphatic heterocycles. The van der Waals surface area contributed by atoms with E-state index in [1.807, 2.05) is 0 Å². The van der Waals surface area contributed by atoms with Gasteiger partial charge < -0.3 is 14.7 Å². The lowest BCUT2D eigenvalue weighted by Gasteiger charge is -2.38. The average Bonchev–Trinajstić information content (AvgIpc) is 3.23. The number of halogens is 5. The molecule has 8 nitrogen and oxygen atoms in total. The van der Waals surface area contributed by atoms with Crippen molar-refractivity contribution in [2.45, 2.75) is 24.7 Å². The number of β-amino-alcohol motifs (C(OH)–C–C–N with tert-alkyl or cyclic N) is 1. The number of aliphatic hydroxyl groups is 1. The van der Waals surface area contributed by atoms with Gasteiger partial charge in [0.1, 0.15) is 11.8 Å². The first-order chi connectivity index (χ1) is 14.1. The molecule has 1 unspecified atom stereocenters. The molecular formula is C17H15BrClF3N4O4. The van der Waals surface area contributed by atoms with Crippen molar-refractivity contribution in [2.75, 3.05) is 26.2 Å². The monoisotopic (exact) mass is 510 g/mol. The zero-order valence-corrected chi connectivity index (χ0v) is 17.5. The molecule has 0 spiro atoms. The lowest BCUT2D eigenvalue weighted by atomic mass is 10.00. The van der Waals surface area contributed by atoms with Crippen molar-refractivity contribution in [3.63, 3.8) is 0 Å². The zero-order chi connectivity index (χ0) is 21.8. The van der Waals surface area contributed by atoms with Crippen LogP contribution in [0.2, 0.25) is 5.15 Å². The fourth-order valence-corrected chi connectivity index (χ4v) is 4.44. The van der Waals surface area contributed by atoms with Crippen molar-refractivity contribution < 1.29 is 32.6 Å². The van der Waals surface area contributed by atoms with Crippen molar-refractivity contribution in [3.8, 4) is 0 Å². The van der Waals surface area contributed by atoms with Gasteiger partial charge in [-0.1, -0.05) is 11.6 Å². The maximum absolute atomic E-state index is 13.4. The van der Waals surface area contributed by atoms with Gasteiger partial charge in [0.15, 0.2) is 11.3 Å². The number of nitrogens with zero attached hydrogens (tertiary/aromatic N) is 4. The predicted molar refractivity (Wildman–Crippen MR) is 101 cm³/mol. The molecule has 13 heteroatoms. The van der Waals surface area contributed by atoms with Crippen LogP contribution in [0.5, 0.6) is 0 Å². The largest absolute Gasteiger partial charge is 0.448 e. The Labute approximate surface area is 181 Å². The summed E-state index contributed by atoms with van der Waals surface area (Å²) in [6.07, 6.45) is -4.68. The topological polar surface area (TPSA) is 87.4 Å². The van der Waals surface area contributed by atoms with Crippen LogP contribution >= 0.6 is 27.5 Å². The van der Waals surface area contributed by atoms with Crippen molar-refractivity contribution in [2.24, 2.45) is 0 Å². The van der Waals surface area contributed by atoms with E-state index in [9.17, 15) is 27.9 Å². The second kappa shape index (κ2) is 7.57. The second-order valence-corrected chi connectivity index (χ2v) is 8.27. The minimum atomic E-state index is -4.70. The van der Waals surface area contributed by atoms with Crippen molar-refractivity contribution in [3.05, 3.63) is 33.1 Å². The molecule has 2 saturated heterocycles. The minimum absolute atomic E-state index is 0.118. The summed E-state index contributed by atoms with van der Waals surface area (Å²) in [6, 6.07) is 0.352. The number of alkyl halides is 3. The predicted octanol–water partition coefficient (Wildman–Crippen LogP) is 2.80. The molecule has 4 heterocycles. The molecule has 2 aromatic heterocycles.